The zero-order valence-electron chi connectivity index (χ0n) is 14.4. The van der Waals surface area contributed by atoms with E-state index in [9.17, 15) is 4.79 Å². The van der Waals surface area contributed by atoms with Crippen molar-refractivity contribution in [1.82, 2.24) is 19.7 Å². The van der Waals surface area contributed by atoms with E-state index in [1.165, 1.54) is 11.8 Å². The van der Waals surface area contributed by atoms with Crippen molar-refractivity contribution < 1.29 is 9.53 Å². The van der Waals surface area contributed by atoms with Gasteiger partial charge in [-0.1, -0.05) is 29.4 Å². The summed E-state index contributed by atoms with van der Waals surface area (Å²) < 4.78 is 7.68. The smallest absolute Gasteiger partial charge is 0.233 e. The van der Waals surface area contributed by atoms with Crippen LogP contribution in [0.1, 0.15) is 18.7 Å². The van der Waals surface area contributed by atoms with Crippen LogP contribution in [0.3, 0.4) is 0 Å². The number of carbonyl (C=O) groups is 1. The second kappa shape index (κ2) is 9.09. The average Bonchev–Trinajstić information content (AvgIpc) is 3.30. The van der Waals surface area contributed by atoms with E-state index in [1.807, 2.05) is 9.47 Å². The molecule has 2 aromatic rings. The van der Waals surface area contributed by atoms with Gasteiger partial charge in [0.1, 0.15) is 12.4 Å². The highest BCUT2D eigenvalue weighted by molar-refractivity contribution is 7.99. The van der Waals surface area contributed by atoms with Crippen molar-refractivity contribution in [2.75, 3.05) is 18.8 Å². The highest BCUT2D eigenvalue weighted by atomic mass is 35.5. The quantitative estimate of drug-likeness (QED) is 0.509. The van der Waals surface area contributed by atoms with Gasteiger partial charge in [0.15, 0.2) is 11.0 Å². The molecule has 1 aromatic heterocycles. The molecule has 0 bridgehead atoms. The molecule has 2 heterocycles. The molecule has 0 saturated carbocycles. The first-order valence-electron chi connectivity index (χ1n) is 8.49. The molecular weight excluding hydrogens is 372 g/mol. The summed E-state index contributed by atoms with van der Waals surface area (Å²) in [6.45, 7) is 6.35. The Morgan fingerprint density at radius 1 is 1.27 bits per heavy atom. The molecule has 6 nitrogen and oxygen atoms in total. The van der Waals surface area contributed by atoms with Crippen LogP contribution in [-0.4, -0.2) is 44.4 Å². The fourth-order valence-electron chi connectivity index (χ4n) is 2.71. The topological polar surface area (TPSA) is 60.2 Å². The number of amides is 1. The van der Waals surface area contributed by atoms with Gasteiger partial charge in [-0.2, -0.15) is 0 Å². The largest absolute Gasteiger partial charge is 0.486 e. The Balaban J connectivity index is 1.62. The lowest BCUT2D eigenvalue weighted by molar-refractivity contribution is -0.127. The van der Waals surface area contributed by atoms with Crippen molar-refractivity contribution >= 4 is 29.3 Å². The van der Waals surface area contributed by atoms with Gasteiger partial charge in [0.25, 0.3) is 0 Å². The van der Waals surface area contributed by atoms with Crippen LogP contribution >= 0.6 is 23.4 Å². The number of benzene rings is 1. The maximum absolute atomic E-state index is 12.2. The predicted molar refractivity (Wildman–Crippen MR) is 103 cm³/mol. The van der Waals surface area contributed by atoms with Gasteiger partial charge >= 0.3 is 0 Å². The third-order valence-corrected chi connectivity index (χ3v) is 5.27. The summed E-state index contributed by atoms with van der Waals surface area (Å²) in [5.74, 6) is 1.92. The highest BCUT2D eigenvalue weighted by Gasteiger charge is 2.20. The van der Waals surface area contributed by atoms with Gasteiger partial charge in [-0.25, -0.2) is 0 Å². The number of carbonyl (C=O) groups excluding carboxylic acids is 1. The summed E-state index contributed by atoms with van der Waals surface area (Å²) >= 11 is 7.28. The summed E-state index contributed by atoms with van der Waals surface area (Å²) in [7, 11) is 0. The van der Waals surface area contributed by atoms with Crippen LogP contribution < -0.4 is 4.74 Å². The molecule has 0 aliphatic carbocycles. The Labute approximate surface area is 162 Å². The molecule has 0 unspecified atom stereocenters. The van der Waals surface area contributed by atoms with E-state index in [2.05, 4.69) is 16.8 Å². The van der Waals surface area contributed by atoms with Crippen LogP contribution in [0.15, 0.2) is 42.1 Å². The number of hydrogen-bond acceptors (Lipinski definition) is 5. The van der Waals surface area contributed by atoms with Gasteiger partial charge in [-0.3, -0.25) is 9.36 Å². The van der Waals surface area contributed by atoms with Crippen molar-refractivity contribution in [2.24, 2.45) is 0 Å². The Hall–Kier alpha value is -1.99. The van der Waals surface area contributed by atoms with Crippen molar-refractivity contribution in [3.8, 4) is 5.75 Å². The normalized spacial score (nSPS) is 13.8. The third kappa shape index (κ3) is 4.80. The van der Waals surface area contributed by atoms with E-state index in [0.29, 0.717) is 34.1 Å². The number of nitrogens with zero attached hydrogens (tertiary/aromatic N) is 4. The van der Waals surface area contributed by atoms with E-state index in [1.54, 1.807) is 30.3 Å². The van der Waals surface area contributed by atoms with Crippen molar-refractivity contribution in [1.29, 1.82) is 0 Å². The first-order chi connectivity index (χ1) is 12.7. The molecule has 26 heavy (non-hydrogen) atoms. The van der Waals surface area contributed by atoms with E-state index >= 15 is 0 Å². The standard InChI is InChI=1S/C18H21ClN4O2S/c1-2-9-23-16(12-25-15-7-5-14(19)6-8-15)20-21-18(23)26-13-17(24)22-10-3-4-11-22/h2,5-8H,1,3-4,9-13H2. The monoisotopic (exact) mass is 392 g/mol. The zero-order valence-corrected chi connectivity index (χ0v) is 16.0. The first kappa shape index (κ1) is 18.8. The van der Waals surface area contributed by atoms with Crippen LogP contribution in [0.5, 0.6) is 5.75 Å². The summed E-state index contributed by atoms with van der Waals surface area (Å²) in [5.41, 5.74) is 0. The molecule has 1 amide bonds. The van der Waals surface area contributed by atoms with Gasteiger partial charge in [0.05, 0.1) is 5.75 Å². The summed E-state index contributed by atoms with van der Waals surface area (Å²) in [5, 5.41) is 9.79. The molecule has 0 atom stereocenters. The number of rotatable bonds is 8. The Morgan fingerprint density at radius 3 is 2.69 bits per heavy atom. The summed E-state index contributed by atoms with van der Waals surface area (Å²) in [6, 6.07) is 7.16. The molecular formula is C18H21ClN4O2S. The minimum absolute atomic E-state index is 0.152. The summed E-state index contributed by atoms with van der Waals surface area (Å²) in [4.78, 5) is 14.1. The second-order valence-corrected chi connectivity index (χ2v) is 7.30. The lowest BCUT2D eigenvalue weighted by Gasteiger charge is -2.14. The van der Waals surface area contributed by atoms with Crippen LogP contribution in [-0.2, 0) is 17.9 Å². The Morgan fingerprint density at radius 2 is 2.00 bits per heavy atom. The molecule has 1 fully saturated rings. The molecule has 0 radical (unpaired) electrons. The fourth-order valence-corrected chi connectivity index (χ4v) is 3.70. The summed E-state index contributed by atoms with van der Waals surface area (Å²) in [6.07, 6.45) is 3.96. The number of allylic oxidation sites excluding steroid dienone is 1. The molecule has 3 rings (SSSR count). The number of likely N-dealkylation sites (tertiary alicyclic amines) is 1. The Kier molecular flexibility index (Phi) is 6.57. The molecule has 0 spiro atoms. The second-order valence-electron chi connectivity index (χ2n) is 5.92. The first-order valence-corrected chi connectivity index (χ1v) is 9.85. The zero-order chi connectivity index (χ0) is 18.4. The SMILES string of the molecule is C=CCn1c(COc2ccc(Cl)cc2)nnc1SCC(=O)N1CCCC1. The average molecular weight is 393 g/mol. The fraction of sp³-hybridized carbons (Fsp3) is 0.389. The van der Waals surface area contributed by atoms with E-state index in [0.717, 1.165) is 25.9 Å². The van der Waals surface area contributed by atoms with Crippen molar-refractivity contribution in [3.05, 3.63) is 47.8 Å². The highest BCUT2D eigenvalue weighted by Crippen LogP contribution is 2.21. The van der Waals surface area contributed by atoms with Crippen molar-refractivity contribution in [2.45, 2.75) is 31.1 Å². The molecule has 1 aliphatic heterocycles. The van der Waals surface area contributed by atoms with Crippen LogP contribution in [0, 0.1) is 0 Å². The minimum Gasteiger partial charge on any atom is -0.486 e. The number of halogens is 1. The number of aromatic nitrogens is 3. The van der Waals surface area contributed by atoms with Crippen LogP contribution in [0.2, 0.25) is 5.02 Å². The van der Waals surface area contributed by atoms with Gasteiger partial charge in [0.2, 0.25) is 5.91 Å². The van der Waals surface area contributed by atoms with Gasteiger partial charge in [-0.15, -0.1) is 16.8 Å². The lowest BCUT2D eigenvalue weighted by atomic mass is 10.3. The van der Waals surface area contributed by atoms with Gasteiger partial charge in [0, 0.05) is 24.7 Å². The van der Waals surface area contributed by atoms with Gasteiger partial charge < -0.3 is 9.64 Å². The lowest BCUT2D eigenvalue weighted by Crippen LogP contribution is -2.29. The predicted octanol–water partition coefficient (Wildman–Crippen LogP) is 3.41. The molecule has 1 aromatic carbocycles. The van der Waals surface area contributed by atoms with Crippen LogP contribution in [0.25, 0.3) is 0 Å². The van der Waals surface area contributed by atoms with E-state index in [-0.39, 0.29) is 12.5 Å². The van der Waals surface area contributed by atoms with E-state index < -0.39 is 0 Å². The van der Waals surface area contributed by atoms with E-state index in [4.69, 9.17) is 16.3 Å². The maximum Gasteiger partial charge on any atom is 0.233 e. The van der Waals surface area contributed by atoms with Crippen molar-refractivity contribution in [3.63, 3.8) is 0 Å². The molecule has 1 aliphatic rings. The molecule has 138 valence electrons. The van der Waals surface area contributed by atoms with Crippen LogP contribution in [0.4, 0.5) is 0 Å². The number of thioether (sulfide) groups is 1. The number of hydrogen-bond donors (Lipinski definition) is 0. The molecule has 1 saturated heterocycles. The number of ether oxygens (including phenoxy) is 1. The maximum atomic E-state index is 12.2. The molecule has 8 heteroatoms. The third-order valence-electron chi connectivity index (χ3n) is 4.07. The Bertz CT molecular complexity index is 757. The minimum atomic E-state index is 0.152. The van der Waals surface area contributed by atoms with Gasteiger partial charge in [-0.05, 0) is 37.1 Å². The molecule has 0 N–H and O–H groups in total.